The first kappa shape index (κ1) is 11.9. The van der Waals surface area contributed by atoms with E-state index < -0.39 is 0 Å². The van der Waals surface area contributed by atoms with Gasteiger partial charge in [-0.05, 0) is 45.7 Å². The van der Waals surface area contributed by atoms with Crippen LogP contribution in [0.2, 0.25) is 0 Å². The van der Waals surface area contributed by atoms with Crippen LogP contribution < -0.4 is 5.73 Å². The lowest BCUT2D eigenvalue weighted by molar-refractivity contribution is -0.124. The Morgan fingerprint density at radius 1 is 1.38 bits per heavy atom. The minimum atomic E-state index is -0.192. The molecule has 0 aromatic carbocycles. The summed E-state index contributed by atoms with van der Waals surface area (Å²) in [5.41, 5.74) is 5.37. The van der Waals surface area contributed by atoms with Crippen LogP contribution in [-0.2, 0) is 4.79 Å². The fourth-order valence-corrected chi connectivity index (χ4v) is 3.21. The third kappa shape index (κ3) is 2.23. The van der Waals surface area contributed by atoms with E-state index in [0.29, 0.717) is 0 Å². The molecule has 0 spiro atoms. The SMILES string of the molecule is CC(C(N)=O)N1CCC2C(CCCN2C)C1. The number of rotatable bonds is 2. The lowest BCUT2D eigenvalue weighted by atomic mass is 9.83. The number of piperidine rings is 2. The summed E-state index contributed by atoms with van der Waals surface area (Å²) in [5, 5.41) is 0. The summed E-state index contributed by atoms with van der Waals surface area (Å²) in [6, 6.07) is 0.623. The number of primary amides is 1. The smallest absolute Gasteiger partial charge is 0.234 e. The van der Waals surface area contributed by atoms with Crippen molar-refractivity contribution in [2.75, 3.05) is 26.7 Å². The van der Waals surface area contributed by atoms with E-state index >= 15 is 0 Å². The molecule has 3 unspecified atom stereocenters. The van der Waals surface area contributed by atoms with Crippen molar-refractivity contribution in [2.45, 2.75) is 38.3 Å². The number of carbonyl (C=O) groups excluding carboxylic acids is 1. The lowest BCUT2D eigenvalue weighted by Gasteiger charge is -2.47. The van der Waals surface area contributed by atoms with Crippen molar-refractivity contribution < 1.29 is 4.79 Å². The summed E-state index contributed by atoms with van der Waals surface area (Å²) < 4.78 is 0. The van der Waals surface area contributed by atoms with Gasteiger partial charge in [0.05, 0.1) is 6.04 Å². The minimum absolute atomic E-state index is 0.104. The van der Waals surface area contributed by atoms with Gasteiger partial charge < -0.3 is 10.6 Å². The molecule has 2 fully saturated rings. The van der Waals surface area contributed by atoms with E-state index in [1.807, 2.05) is 6.92 Å². The maximum Gasteiger partial charge on any atom is 0.234 e. The molecule has 0 aromatic heterocycles. The van der Waals surface area contributed by atoms with Crippen molar-refractivity contribution in [1.82, 2.24) is 9.80 Å². The Bertz CT molecular complexity index is 269. The average Bonchev–Trinajstić information content (AvgIpc) is 2.28. The molecule has 2 aliphatic heterocycles. The molecule has 0 aromatic rings. The zero-order valence-corrected chi connectivity index (χ0v) is 10.4. The molecule has 4 nitrogen and oxygen atoms in total. The number of hydrogen-bond acceptors (Lipinski definition) is 3. The highest BCUT2D eigenvalue weighted by Crippen LogP contribution is 2.30. The van der Waals surface area contributed by atoms with E-state index in [1.54, 1.807) is 0 Å². The van der Waals surface area contributed by atoms with Gasteiger partial charge in [-0.3, -0.25) is 9.69 Å². The second-order valence-corrected chi connectivity index (χ2v) is 5.31. The van der Waals surface area contributed by atoms with Gasteiger partial charge in [0.2, 0.25) is 5.91 Å². The summed E-state index contributed by atoms with van der Waals surface area (Å²) in [4.78, 5) is 15.9. The number of nitrogens with two attached hydrogens (primary N) is 1. The van der Waals surface area contributed by atoms with Gasteiger partial charge in [-0.1, -0.05) is 0 Å². The molecule has 0 saturated carbocycles. The molecule has 0 radical (unpaired) electrons. The van der Waals surface area contributed by atoms with E-state index in [9.17, 15) is 4.79 Å². The van der Waals surface area contributed by atoms with Crippen LogP contribution in [0.25, 0.3) is 0 Å². The van der Waals surface area contributed by atoms with Gasteiger partial charge in [-0.2, -0.15) is 0 Å². The molecule has 0 aliphatic carbocycles. The zero-order valence-electron chi connectivity index (χ0n) is 10.4. The number of fused-ring (bicyclic) bond motifs is 1. The summed E-state index contributed by atoms with van der Waals surface area (Å²) in [5.74, 6) is 0.539. The third-order valence-electron chi connectivity index (χ3n) is 4.34. The fraction of sp³-hybridized carbons (Fsp3) is 0.917. The maximum atomic E-state index is 11.2. The first-order valence-electron chi connectivity index (χ1n) is 6.33. The predicted octanol–water partition coefficient (Wildman–Crippen LogP) is 0.276. The Morgan fingerprint density at radius 2 is 2.12 bits per heavy atom. The van der Waals surface area contributed by atoms with Crippen LogP contribution in [0, 0.1) is 5.92 Å². The van der Waals surface area contributed by atoms with Crippen molar-refractivity contribution in [3.8, 4) is 0 Å². The molecule has 2 aliphatic rings. The second kappa shape index (κ2) is 4.72. The summed E-state index contributed by atoms with van der Waals surface area (Å²) in [6.07, 6.45) is 3.77. The molecule has 2 saturated heterocycles. The van der Waals surface area contributed by atoms with E-state index in [2.05, 4.69) is 16.8 Å². The summed E-state index contributed by atoms with van der Waals surface area (Å²) in [6.45, 7) is 5.20. The quantitative estimate of drug-likeness (QED) is 0.734. The topological polar surface area (TPSA) is 49.6 Å². The molecular weight excluding hydrogens is 202 g/mol. The van der Waals surface area contributed by atoms with Crippen molar-refractivity contribution in [1.29, 1.82) is 0 Å². The highest BCUT2D eigenvalue weighted by Gasteiger charge is 2.36. The summed E-state index contributed by atoms with van der Waals surface area (Å²) >= 11 is 0. The van der Waals surface area contributed by atoms with Crippen LogP contribution >= 0.6 is 0 Å². The molecular formula is C12H23N3O. The van der Waals surface area contributed by atoms with Crippen LogP contribution in [-0.4, -0.2) is 54.5 Å². The van der Waals surface area contributed by atoms with Crippen LogP contribution in [0.1, 0.15) is 26.2 Å². The molecule has 1 amide bonds. The van der Waals surface area contributed by atoms with Gasteiger partial charge in [0.15, 0.2) is 0 Å². The van der Waals surface area contributed by atoms with Crippen molar-refractivity contribution in [3.63, 3.8) is 0 Å². The Labute approximate surface area is 97.8 Å². The van der Waals surface area contributed by atoms with Gasteiger partial charge in [-0.25, -0.2) is 0 Å². The molecule has 2 rings (SSSR count). The van der Waals surface area contributed by atoms with E-state index in [-0.39, 0.29) is 11.9 Å². The first-order chi connectivity index (χ1) is 7.59. The Hall–Kier alpha value is -0.610. The van der Waals surface area contributed by atoms with Crippen molar-refractivity contribution >= 4 is 5.91 Å². The molecule has 3 atom stereocenters. The number of nitrogens with zero attached hydrogens (tertiary/aromatic N) is 2. The van der Waals surface area contributed by atoms with Gasteiger partial charge in [0.1, 0.15) is 0 Å². The molecule has 92 valence electrons. The maximum absolute atomic E-state index is 11.2. The largest absolute Gasteiger partial charge is 0.368 e. The number of carbonyl (C=O) groups is 1. The highest BCUT2D eigenvalue weighted by molar-refractivity contribution is 5.79. The second-order valence-electron chi connectivity index (χ2n) is 5.31. The Morgan fingerprint density at radius 3 is 2.81 bits per heavy atom. The third-order valence-corrected chi connectivity index (χ3v) is 4.34. The Balaban J connectivity index is 1.97. The lowest BCUT2D eigenvalue weighted by Crippen LogP contribution is -2.56. The van der Waals surface area contributed by atoms with Crippen molar-refractivity contribution in [2.24, 2.45) is 11.7 Å². The van der Waals surface area contributed by atoms with E-state index in [0.717, 1.165) is 25.0 Å². The van der Waals surface area contributed by atoms with Gasteiger partial charge in [0, 0.05) is 19.1 Å². The van der Waals surface area contributed by atoms with Crippen molar-refractivity contribution in [3.05, 3.63) is 0 Å². The molecule has 16 heavy (non-hydrogen) atoms. The monoisotopic (exact) mass is 225 g/mol. The van der Waals surface area contributed by atoms with Crippen LogP contribution in [0.15, 0.2) is 0 Å². The minimum Gasteiger partial charge on any atom is -0.368 e. The summed E-state index contributed by atoms with van der Waals surface area (Å²) in [7, 11) is 2.23. The standard InChI is InChI=1S/C12H23N3O/c1-9(12(13)16)15-7-5-11-10(8-15)4-3-6-14(11)2/h9-11H,3-8H2,1-2H3,(H2,13,16). The normalized spacial score (nSPS) is 34.4. The first-order valence-corrected chi connectivity index (χ1v) is 6.33. The number of hydrogen-bond donors (Lipinski definition) is 1. The van der Waals surface area contributed by atoms with E-state index in [4.69, 9.17) is 5.73 Å². The molecule has 2 heterocycles. The van der Waals surface area contributed by atoms with Crippen LogP contribution in [0.5, 0.6) is 0 Å². The molecule has 2 N–H and O–H groups in total. The van der Waals surface area contributed by atoms with Gasteiger partial charge in [0.25, 0.3) is 0 Å². The van der Waals surface area contributed by atoms with Gasteiger partial charge >= 0.3 is 0 Å². The fourth-order valence-electron chi connectivity index (χ4n) is 3.21. The predicted molar refractivity (Wildman–Crippen MR) is 64.0 cm³/mol. The van der Waals surface area contributed by atoms with Gasteiger partial charge in [-0.15, -0.1) is 0 Å². The van der Waals surface area contributed by atoms with Crippen LogP contribution in [0.4, 0.5) is 0 Å². The number of likely N-dealkylation sites (tertiary alicyclic amines) is 2. The Kier molecular flexibility index (Phi) is 3.50. The molecule has 4 heteroatoms. The number of amides is 1. The zero-order chi connectivity index (χ0) is 11.7. The average molecular weight is 225 g/mol. The van der Waals surface area contributed by atoms with E-state index in [1.165, 1.54) is 25.8 Å². The highest BCUT2D eigenvalue weighted by atomic mass is 16.1. The molecule has 0 bridgehead atoms. The van der Waals surface area contributed by atoms with Crippen LogP contribution in [0.3, 0.4) is 0 Å².